The summed E-state index contributed by atoms with van der Waals surface area (Å²) in [4.78, 5) is 0. The minimum Gasteiger partial charge on any atom is -0.344 e. The highest BCUT2D eigenvalue weighted by Crippen LogP contribution is 2.57. The molecule has 0 aliphatic rings. The number of benzene rings is 1. The van der Waals surface area contributed by atoms with E-state index in [1.165, 1.54) is 121 Å². The van der Waals surface area contributed by atoms with Crippen LogP contribution in [0.5, 0.6) is 0 Å². The molecule has 35 heavy (non-hydrogen) atoms. The van der Waals surface area contributed by atoms with E-state index < -0.39 is 7.26 Å². The van der Waals surface area contributed by atoms with Crippen LogP contribution >= 0.6 is 19.7 Å². The zero-order valence-corrected chi connectivity index (χ0v) is 26.5. The molecule has 0 fully saturated rings. The molecule has 0 atom stereocenters. The lowest BCUT2D eigenvalue weighted by atomic mass is 10.1. The fraction of sp³-hybridized carbons (Fsp3) is 0.812. The lowest BCUT2D eigenvalue weighted by molar-refractivity contribution is 0.616. The van der Waals surface area contributed by atoms with E-state index in [-0.39, 0.29) is 18.6 Å². The molecule has 0 unspecified atom stereocenters. The van der Waals surface area contributed by atoms with Gasteiger partial charge in [-0.15, -0.1) is 12.4 Å². The van der Waals surface area contributed by atoms with Crippen molar-refractivity contribution < 1.29 is 0 Å². The van der Waals surface area contributed by atoms with Gasteiger partial charge in [0.2, 0.25) is 0 Å². The van der Waals surface area contributed by atoms with Gasteiger partial charge in [0.25, 0.3) is 0 Å². The molecule has 0 aliphatic carbocycles. The topological polar surface area (TPSA) is 35.0 Å². The Hall–Kier alpha value is -0.100. The molecule has 0 amide bonds. The molecule has 1 aromatic carbocycles. The normalized spacial score (nSPS) is 10.7. The Morgan fingerprint density at radius 1 is 0.486 bits per heavy atom. The van der Waals surface area contributed by atoms with Crippen LogP contribution in [0.3, 0.4) is 0 Å². The van der Waals surface area contributed by atoms with E-state index in [4.69, 9.17) is 0 Å². The van der Waals surface area contributed by atoms with Crippen LogP contribution in [-0.2, 0) is 0 Å². The molecule has 210 valence electrons. The van der Waals surface area contributed by atoms with Gasteiger partial charge in [-0.2, -0.15) is 0 Å². The SMILES string of the molecule is CCCCCCCC[P+](C)(CCCCCCCC)CCCCCCCC.Cc1ccccc1.Cl.N. The molecule has 0 aliphatic heterocycles. The maximum absolute atomic E-state index is 2.73. The van der Waals surface area contributed by atoms with Crippen LogP contribution < -0.4 is 6.15 Å². The Morgan fingerprint density at radius 3 is 1.03 bits per heavy atom. The van der Waals surface area contributed by atoms with Gasteiger partial charge in [-0.1, -0.05) is 134 Å². The standard InChI is InChI=1S/C25H54P.C7H8.ClH.H3N/c1-5-8-11-14-17-20-23-26(4,24-21-18-15-12-9-6-2)25-22-19-16-13-10-7-3;1-7-5-3-2-4-6-7;;/h5-25H2,1-4H3;2-6H,1H3;1H;1H3/q+1;;;. The van der Waals surface area contributed by atoms with E-state index in [1.807, 2.05) is 18.2 Å². The van der Waals surface area contributed by atoms with Crippen LogP contribution in [0.25, 0.3) is 0 Å². The number of hydrogen-bond acceptors (Lipinski definition) is 1. The summed E-state index contributed by atoms with van der Waals surface area (Å²) < 4.78 is 0. The van der Waals surface area contributed by atoms with E-state index in [0.717, 1.165) is 0 Å². The highest BCUT2D eigenvalue weighted by atomic mass is 35.5. The Balaban J connectivity index is -0.000000969. The molecule has 3 N–H and O–H groups in total. The van der Waals surface area contributed by atoms with Gasteiger partial charge in [0.05, 0.1) is 18.5 Å². The van der Waals surface area contributed by atoms with Crippen molar-refractivity contribution in [2.24, 2.45) is 0 Å². The number of aryl methyl sites for hydroxylation is 1. The van der Waals surface area contributed by atoms with Crippen molar-refractivity contribution in [2.45, 2.75) is 143 Å². The fourth-order valence-electron chi connectivity index (χ4n) is 4.69. The second kappa shape index (κ2) is 30.1. The summed E-state index contributed by atoms with van der Waals surface area (Å²) in [5.74, 6) is 0. The second-order valence-electron chi connectivity index (χ2n) is 10.7. The first-order valence-corrected chi connectivity index (χ1v) is 17.7. The lowest BCUT2D eigenvalue weighted by Crippen LogP contribution is -2.08. The fourth-order valence-corrected chi connectivity index (χ4v) is 8.32. The van der Waals surface area contributed by atoms with Crippen LogP contribution in [0.15, 0.2) is 30.3 Å². The largest absolute Gasteiger partial charge is 0.344 e. The summed E-state index contributed by atoms with van der Waals surface area (Å²) in [5.41, 5.74) is 1.32. The average molecular weight is 531 g/mol. The summed E-state index contributed by atoms with van der Waals surface area (Å²) in [5, 5.41) is 0. The van der Waals surface area contributed by atoms with Gasteiger partial charge in [-0.25, -0.2) is 0 Å². The van der Waals surface area contributed by atoms with Crippen molar-refractivity contribution in [2.75, 3.05) is 25.2 Å². The van der Waals surface area contributed by atoms with E-state index in [9.17, 15) is 0 Å². The molecule has 0 aromatic heterocycles. The zero-order chi connectivity index (χ0) is 24.5. The smallest absolute Gasteiger partial charge is 0.0591 e. The molecule has 1 aromatic rings. The average Bonchev–Trinajstić information content (AvgIpc) is 2.82. The van der Waals surface area contributed by atoms with Crippen molar-refractivity contribution in [1.29, 1.82) is 0 Å². The summed E-state index contributed by atoms with van der Waals surface area (Å²) >= 11 is 0. The predicted molar refractivity (Wildman–Crippen MR) is 171 cm³/mol. The van der Waals surface area contributed by atoms with Gasteiger partial charge in [-0.05, 0) is 45.4 Å². The summed E-state index contributed by atoms with van der Waals surface area (Å²) in [6.45, 7) is 11.8. The lowest BCUT2D eigenvalue weighted by Gasteiger charge is -2.24. The first-order chi connectivity index (χ1) is 16.1. The third kappa shape index (κ3) is 28.3. The molecule has 0 heterocycles. The number of rotatable bonds is 21. The number of halogens is 1. The zero-order valence-electron chi connectivity index (χ0n) is 24.8. The molecular weight excluding hydrogens is 465 g/mol. The Labute approximate surface area is 229 Å². The van der Waals surface area contributed by atoms with Crippen molar-refractivity contribution >= 4 is 19.7 Å². The van der Waals surface area contributed by atoms with Gasteiger partial charge < -0.3 is 6.15 Å². The first-order valence-electron chi connectivity index (χ1n) is 14.9. The van der Waals surface area contributed by atoms with E-state index in [0.29, 0.717) is 0 Å². The summed E-state index contributed by atoms with van der Waals surface area (Å²) in [6.07, 6.45) is 31.2. The van der Waals surface area contributed by atoms with Crippen molar-refractivity contribution in [3.05, 3.63) is 35.9 Å². The molecule has 0 radical (unpaired) electrons. The molecule has 3 heteroatoms. The van der Waals surface area contributed by atoms with Gasteiger partial charge >= 0.3 is 0 Å². The van der Waals surface area contributed by atoms with E-state index in [2.05, 4.69) is 46.5 Å². The minimum absolute atomic E-state index is 0. The Morgan fingerprint density at radius 2 is 0.771 bits per heavy atom. The molecule has 0 saturated carbocycles. The maximum atomic E-state index is 2.73. The highest BCUT2D eigenvalue weighted by molar-refractivity contribution is 7.75. The van der Waals surface area contributed by atoms with Gasteiger partial charge in [0.15, 0.2) is 0 Å². The number of hydrogen-bond donors (Lipinski definition) is 1. The minimum atomic E-state index is -0.636. The third-order valence-corrected chi connectivity index (χ3v) is 11.3. The highest BCUT2D eigenvalue weighted by Gasteiger charge is 2.29. The second-order valence-corrected chi connectivity index (χ2v) is 15.3. The molecular formula is C32H66ClNP+. The summed E-state index contributed by atoms with van der Waals surface area (Å²) in [7, 11) is -0.636. The van der Waals surface area contributed by atoms with Crippen LogP contribution in [0.2, 0.25) is 0 Å². The molecule has 0 spiro atoms. The van der Waals surface area contributed by atoms with Crippen LogP contribution in [0, 0.1) is 6.92 Å². The maximum Gasteiger partial charge on any atom is 0.0591 e. The van der Waals surface area contributed by atoms with Crippen molar-refractivity contribution in [1.82, 2.24) is 6.15 Å². The van der Waals surface area contributed by atoms with Crippen molar-refractivity contribution in [3.8, 4) is 0 Å². The van der Waals surface area contributed by atoms with Crippen LogP contribution in [0.1, 0.15) is 142 Å². The van der Waals surface area contributed by atoms with Gasteiger partial charge in [-0.3, -0.25) is 0 Å². The molecule has 1 nitrogen and oxygen atoms in total. The van der Waals surface area contributed by atoms with Gasteiger partial charge in [0.1, 0.15) is 0 Å². The van der Waals surface area contributed by atoms with Gasteiger partial charge in [0, 0.05) is 13.9 Å². The Kier molecular flexibility index (Phi) is 33.9. The Bertz CT molecular complexity index is 453. The monoisotopic (exact) mass is 530 g/mol. The van der Waals surface area contributed by atoms with E-state index in [1.54, 1.807) is 18.5 Å². The summed E-state index contributed by atoms with van der Waals surface area (Å²) in [6, 6.07) is 10.3. The first kappa shape index (κ1) is 39.4. The molecule has 0 saturated heterocycles. The third-order valence-electron chi connectivity index (χ3n) is 7.09. The predicted octanol–water partition coefficient (Wildman–Crippen LogP) is 12.3. The van der Waals surface area contributed by atoms with Crippen molar-refractivity contribution in [3.63, 3.8) is 0 Å². The number of unbranched alkanes of at least 4 members (excludes halogenated alkanes) is 15. The van der Waals surface area contributed by atoms with Crippen LogP contribution in [0.4, 0.5) is 0 Å². The van der Waals surface area contributed by atoms with E-state index >= 15 is 0 Å². The molecule has 1 rings (SSSR count). The van der Waals surface area contributed by atoms with Crippen LogP contribution in [-0.4, -0.2) is 25.2 Å². The quantitative estimate of drug-likeness (QED) is 0.124. The molecule has 0 bridgehead atoms.